The zero-order valence-corrected chi connectivity index (χ0v) is 17.6. The Bertz CT molecular complexity index is 834. The lowest BCUT2D eigenvalue weighted by Crippen LogP contribution is -2.42. The van der Waals surface area contributed by atoms with Gasteiger partial charge in [-0.3, -0.25) is 0 Å². The number of aromatic nitrogens is 3. The zero-order valence-electron chi connectivity index (χ0n) is 17.6. The van der Waals surface area contributed by atoms with Gasteiger partial charge in [0.15, 0.2) is 5.82 Å². The molecule has 1 aliphatic rings. The Balaban J connectivity index is 1.64. The summed E-state index contributed by atoms with van der Waals surface area (Å²) in [7, 11) is 0. The van der Waals surface area contributed by atoms with Crippen LogP contribution in [-0.2, 0) is 4.74 Å². The van der Waals surface area contributed by atoms with Gasteiger partial charge in [-0.15, -0.1) is 5.10 Å². The van der Waals surface area contributed by atoms with Crippen molar-refractivity contribution in [2.75, 3.05) is 30.3 Å². The molecule has 8 heteroatoms. The summed E-state index contributed by atoms with van der Waals surface area (Å²) in [6, 6.07) is 6.48. The molecule has 1 amide bonds. The lowest BCUT2D eigenvalue weighted by Gasteiger charge is -2.31. The summed E-state index contributed by atoms with van der Waals surface area (Å²) in [5.41, 5.74) is 3.40. The number of hydrogen-bond donors (Lipinski definition) is 2. The Labute approximate surface area is 172 Å². The summed E-state index contributed by atoms with van der Waals surface area (Å²) in [6.07, 6.45) is 3.06. The molecule has 1 aliphatic heterocycles. The van der Waals surface area contributed by atoms with E-state index in [0.717, 1.165) is 24.1 Å². The number of aryl methyl sites for hydroxylation is 1. The summed E-state index contributed by atoms with van der Waals surface area (Å²) in [6.45, 7) is 9.96. The standard InChI is InChI=1S/C21H30N6O2/c1-5-29-21(28)27-11-9-16(10-12-27)23-18-13-22-26-20(24-18)25-19-15(4)7-6-8-17(19)14(2)3/h6-8,13-14,16H,5,9-12H2,1-4H3,(H2,23,24,25,26). The quantitative estimate of drug-likeness (QED) is 0.757. The van der Waals surface area contributed by atoms with E-state index in [1.807, 2.05) is 6.92 Å². The maximum atomic E-state index is 11.8. The van der Waals surface area contributed by atoms with E-state index >= 15 is 0 Å². The SMILES string of the molecule is CCOC(=O)N1CCC(Nc2cnnc(Nc3c(C)cccc3C(C)C)n2)CC1. The van der Waals surface area contributed by atoms with Crippen LogP contribution in [-0.4, -0.2) is 51.9 Å². The van der Waals surface area contributed by atoms with Crippen LogP contribution in [0.3, 0.4) is 0 Å². The summed E-state index contributed by atoms with van der Waals surface area (Å²) < 4.78 is 5.07. The van der Waals surface area contributed by atoms with Gasteiger partial charge in [-0.2, -0.15) is 10.1 Å². The maximum absolute atomic E-state index is 11.8. The fourth-order valence-corrected chi connectivity index (χ4v) is 3.51. The minimum atomic E-state index is -0.236. The summed E-state index contributed by atoms with van der Waals surface area (Å²) >= 11 is 0. The third-order valence-corrected chi connectivity index (χ3v) is 5.10. The van der Waals surface area contributed by atoms with Crippen LogP contribution in [0.5, 0.6) is 0 Å². The molecule has 0 atom stereocenters. The molecule has 2 heterocycles. The van der Waals surface area contributed by atoms with Gasteiger partial charge in [0.1, 0.15) is 0 Å². The first-order valence-electron chi connectivity index (χ1n) is 10.2. The normalized spacial score (nSPS) is 14.7. The molecule has 156 valence electrons. The van der Waals surface area contributed by atoms with Crippen LogP contribution in [0, 0.1) is 6.92 Å². The number of likely N-dealkylation sites (tertiary alicyclic amines) is 1. The van der Waals surface area contributed by atoms with E-state index < -0.39 is 0 Å². The fraction of sp³-hybridized carbons (Fsp3) is 0.524. The van der Waals surface area contributed by atoms with Crippen LogP contribution >= 0.6 is 0 Å². The van der Waals surface area contributed by atoms with Crippen molar-refractivity contribution in [2.45, 2.75) is 52.5 Å². The van der Waals surface area contributed by atoms with Crippen molar-refractivity contribution >= 4 is 23.5 Å². The van der Waals surface area contributed by atoms with Gasteiger partial charge in [0, 0.05) is 24.8 Å². The van der Waals surface area contributed by atoms with Gasteiger partial charge in [0.25, 0.3) is 0 Å². The Kier molecular flexibility index (Phi) is 6.85. The topological polar surface area (TPSA) is 92.3 Å². The number of amides is 1. The molecule has 3 rings (SSSR count). The van der Waals surface area contributed by atoms with E-state index in [1.165, 1.54) is 5.56 Å². The molecule has 2 aromatic rings. The van der Waals surface area contributed by atoms with Gasteiger partial charge in [0.05, 0.1) is 12.8 Å². The molecule has 0 spiro atoms. The molecular weight excluding hydrogens is 368 g/mol. The average molecular weight is 399 g/mol. The van der Waals surface area contributed by atoms with E-state index in [2.05, 4.69) is 64.8 Å². The van der Waals surface area contributed by atoms with Crippen LogP contribution in [0.15, 0.2) is 24.4 Å². The number of piperidine rings is 1. The van der Waals surface area contributed by atoms with Gasteiger partial charge in [-0.05, 0) is 43.7 Å². The third-order valence-electron chi connectivity index (χ3n) is 5.10. The Morgan fingerprint density at radius 1 is 1.31 bits per heavy atom. The van der Waals surface area contributed by atoms with Gasteiger partial charge < -0.3 is 20.3 Å². The number of ether oxygens (including phenoxy) is 1. The smallest absolute Gasteiger partial charge is 0.409 e. The fourth-order valence-electron chi connectivity index (χ4n) is 3.51. The highest BCUT2D eigenvalue weighted by molar-refractivity contribution is 5.67. The third kappa shape index (κ3) is 5.34. The monoisotopic (exact) mass is 398 g/mol. The maximum Gasteiger partial charge on any atom is 0.409 e. The summed E-state index contributed by atoms with van der Waals surface area (Å²) in [4.78, 5) is 18.2. The minimum absolute atomic E-state index is 0.231. The number of anilines is 3. The minimum Gasteiger partial charge on any atom is -0.450 e. The number of para-hydroxylation sites is 1. The zero-order chi connectivity index (χ0) is 20.8. The van der Waals surface area contributed by atoms with Crippen LogP contribution in [0.25, 0.3) is 0 Å². The number of hydrogen-bond acceptors (Lipinski definition) is 7. The largest absolute Gasteiger partial charge is 0.450 e. The Morgan fingerprint density at radius 3 is 2.76 bits per heavy atom. The number of nitrogens with zero attached hydrogens (tertiary/aromatic N) is 4. The molecule has 1 aromatic carbocycles. The second kappa shape index (κ2) is 9.54. The number of benzene rings is 1. The van der Waals surface area contributed by atoms with Crippen LogP contribution in [0.1, 0.15) is 50.7 Å². The Morgan fingerprint density at radius 2 is 2.07 bits per heavy atom. The molecule has 29 heavy (non-hydrogen) atoms. The van der Waals surface area contributed by atoms with Crippen LogP contribution < -0.4 is 10.6 Å². The predicted molar refractivity (Wildman–Crippen MR) is 114 cm³/mol. The van der Waals surface area contributed by atoms with E-state index in [1.54, 1.807) is 11.1 Å². The van der Waals surface area contributed by atoms with Crippen molar-refractivity contribution in [3.05, 3.63) is 35.5 Å². The molecule has 0 bridgehead atoms. The van der Waals surface area contributed by atoms with Crippen molar-refractivity contribution in [3.8, 4) is 0 Å². The molecule has 0 aliphatic carbocycles. The summed E-state index contributed by atoms with van der Waals surface area (Å²) in [5, 5.41) is 15.0. The van der Waals surface area contributed by atoms with E-state index in [-0.39, 0.29) is 12.1 Å². The number of carbonyl (C=O) groups excluding carboxylic acids is 1. The molecule has 1 fully saturated rings. The second-order valence-corrected chi connectivity index (χ2v) is 7.59. The van der Waals surface area contributed by atoms with E-state index in [0.29, 0.717) is 37.4 Å². The predicted octanol–water partition coefficient (Wildman–Crippen LogP) is 4.08. The van der Waals surface area contributed by atoms with Crippen molar-refractivity contribution in [1.29, 1.82) is 0 Å². The van der Waals surface area contributed by atoms with E-state index in [9.17, 15) is 4.79 Å². The van der Waals surface area contributed by atoms with Gasteiger partial charge >= 0.3 is 6.09 Å². The lowest BCUT2D eigenvalue weighted by atomic mass is 9.98. The van der Waals surface area contributed by atoms with Crippen molar-refractivity contribution in [3.63, 3.8) is 0 Å². The van der Waals surface area contributed by atoms with Crippen molar-refractivity contribution in [1.82, 2.24) is 20.1 Å². The van der Waals surface area contributed by atoms with Crippen molar-refractivity contribution < 1.29 is 9.53 Å². The molecule has 0 radical (unpaired) electrons. The lowest BCUT2D eigenvalue weighted by molar-refractivity contribution is 0.0983. The first kappa shape index (κ1) is 20.8. The highest BCUT2D eigenvalue weighted by atomic mass is 16.6. The molecule has 1 aromatic heterocycles. The molecular formula is C21H30N6O2. The number of nitrogens with one attached hydrogen (secondary N) is 2. The van der Waals surface area contributed by atoms with Crippen LogP contribution in [0.4, 0.5) is 22.2 Å². The molecule has 0 unspecified atom stereocenters. The average Bonchev–Trinajstić information content (AvgIpc) is 2.70. The number of rotatable bonds is 6. The molecule has 8 nitrogen and oxygen atoms in total. The second-order valence-electron chi connectivity index (χ2n) is 7.59. The first-order valence-corrected chi connectivity index (χ1v) is 10.2. The molecule has 0 saturated carbocycles. The van der Waals surface area contributed by atoms with Gasteiger partial charge in [-0.1, -0.05) is 32.0 Å². The first-order chi connectivity index (χ1) is 14.0. The number of carbonyl (C=O) groups is 1. The summed E-state index contributed by atoms with van der Waals surface area (Å²) in [5.74, 6) is 1.53. The molecule has 1 saturated heterocycles. The van der Waals surface area contributed by atoms with Gasteiger partial charge in [0.2, 0.25) is 5.95 Å². The molecule has 2 N–H and O–H groups in total. The van der Waals surface area contributed by atoms with Crippen LogP contribution in [0.2, 0.25) is 0 Å². The van der Waals surface area contributed by atoms with Gasteiger partial charge in [-0.25, -0.2) is 4.79 Å². The Hall–Kier alpha value is -2.90. The highest BCUT2D eigenvalue weighted by Gasteiger charge is 2.23. The van der Waals surface area contributed by atoms with Crippen molar-refractivity contribution in [2.24, 2.45) is 0 Å². The highest BCUT2D eigenvalue weighted by Crippen LogP contribution is 2.29. The van der Waals surface area contributed by atoms with E-state index in [4.69, 9.17) is 4.74 Å².